The summed E-state index contributed by atoms with van der Waals surface area (Å²) in [6.45, 7) is 3.29. The Kier molecular flexibility index (Phi) is 7.09. The molecule has 4 rings (SSSR count). The van der Waals surface area contributed by atoms with E-state index in [0.29, 0.717) is 31.3 Å². The minimum atomic E-state index is -0.111. The number of hydrogen-bond donors (Lipinski definition) is 2. The molecule has 33 heavy (non-hydrogen) atoms. The van der Waals surface area contributed by atoms with Crippen molar-refractivity contribution in [3.05, 3.63) is 54.9 Å². The highest BCUT2D eigenvalue weighted by molar-refractivity contribution is 5.76. The van der Waals surface area contributed by atoms with Gasteiger partial charge in [-0.1, -0.05) is 30.3 Å². The minimum absolute atomic E-state index is 0.111. The molecule has 0 bridgehead atoms. The highest BCUT2D eigenvalue weighted by atomic mass is 16.2. The lowest BCUT2D eigenvalue weighted by molar-refractivity contribution is -0.132. The van der Waals surface area contributed by atoms with Crippen molar-refractivity contribution in [1.29, 1.82) is 0 Å². The molecule has 1 amide bonds. The third kappa shape index (κ3) is 5.81. The van der Waals surface area contributed by atoms with Gasteiger partial charge >= 0.3 is 0 Å². The van der Waals surface area contributed by atoms with Gasteiger partial charge in [0.1, 0.15) is 11.6 Å². The topological polar surface area (TPSA) is 113 Å². The van der Waals surface area contributed by atoms with Crippen molar-refractivity contribution in [2.24, 2.45) is 5.73 Å². The molecule has 1 aromatic carbocycles. The molecular weight excluding hydrogens is 416 g/mol. The lowest BCUT2D eigenvalue weighted by Crippen LogP contribution is -2.43. The number of hydrogen-bond acceptors (Lipinski definition) is 8. The second-order valence-electron chi connectivity index (χ2n) is 8.38. The van der Waals surface area contributed by atoms with Crippen LogP contribution in [0, 0.1) is 0 Å². The van der Waals surface area contributed by atoms with Crippen LogP contribution < -0.4 is 16.0 Å². The summed E-state index contributed by atoms with van der Waals surface area (Å²) < 4.78 is 0. The van der Waals surface area contributed by atoms with E-state index in [9.17, 15) is 4.79 Å². The summed E-state index contributed by atoms with van der Waals surface area (Å²) in [7, 11) is 1.92. The number of nitrogens with zero attached hydrogens (tertiary/aromatic N) is 6. The van der Waals surface area contributed by atoms with Crippen molar-refractivity contribution in [3.63, 3.8) is 0 Å². The molecule has 2 aromatic heterocycles. The van der Waals surface area contributed by atoms with Gasteiger partial charge in [0.2, 0.25) is 11.9 Å². The third-order valence-electron chi connectivity index (χ3n) is 5.68. The van der Waals surface area contributed by atoms with Gasteiger partial charge in [-0.25, -0.2) is 15.0 Å². The summed E-state index contributed by atoms with van der Waals surface area (Å²) in [5, 5.41) is 3.42. The molecule has 1 saturated heterocycles. The predicted molar refractivity (Wildman–Crippen MR) is 129 cm³/mol. The van der Waals surface area contributed by atoms with Gasteiger partial charge in [0.05, 0.1) is 0 Å². The van der Waals surface area contributed by atoms with E-state index < -0.39 is 0 Å². The van der Waals surface area contributed by atoms with E-state index in [1.807, 2.05) is 66.2 Å². The van der Waals surface area contributed by atoms with E-state index in [1.165, 1.54) is 0 Å². The molecule has 1 aliphatic heterocycles. The number of aromatic nitrogens is 4. The molecule has 1 fully saturated rings. The second-order valence-corrected chi connectivity index (χ2v) is 8.38. The van der Waals surface area contributed by atoms with Crippen LogP contribution in [0.25, 0.3) is 11.4 Å². The number of benzene rings is 1. The Labute approximate surface area is 194 Å². The fourth-order valence-corrected chi connectivity index (χ4v) is 3.85. The smallest absolute Gasteiger partial charge is 0.224 e. The van der Waals surface area contributed by atoms with Crippen molar-refractivity contribution >= 4 is 23.5 Å². The number of nitrogens with two attached hydrogens (primary N) is 1. The van der Waals surface area contributed by atoms with Crippen LogP contribution in [0.1, 0.15) is 26.2 Å². The second kappa shape index (κ2) is 10.4. The lowest BCUT2D eigenvalue weighted by Gasteiger charge is -2.33. The summed E-state index contributed by atoms with van der Waals surface area (Å²) in [5.74, 6) is 2.84. The predicted octanol–water partition coefficient (Wildman–Crippen LogP) is 2.84. The average Bonchev–Trinajstić information content (AvgIpc) is 2.84. The molecule has 0 radical (unpaired) electrons. The zero-order chi connectivity index (χ0) is 23.2. The van der Waals surface area contributed by atoms with Crippen molar-refractivity contribution in [3.8, 4) is 11.4 Å². The molecule has 3 N–H and O–H groups in total. The number of likely N-dealkylation sites (tertiary alicyclic amines) is 1. The molecule has 9 nitrogen and oxygen atoms in total. The summed E-state index contributed by atoms with van der Waals surface area (Å²) in [5.41, 5.74) is 6.72. The normalized spacial score (nSPS) is 15.2. The first kappa shape index (κ1) is 22.6. The first-order valence-electron chi connectivity index (χ1n) is 11.2. The van der Waals surface area contributed by atoms with Gasteiger partial charge in [0.15, 0.2) is 5.82 Å². The van der Waals surface area contributed by atoms with E-state index in [2.05, 4.69) is 20.3 Å². The molecule has 1 unspecified atom stereocenters. The Hall–Kier alpha value is -3.59. The van der Waals surface area contributed by atoms with E-state index >= 15 is 0 Å². The van der Waals surface area contributed by atoms with Crippen LogP contribution in [0.15, 0.2) is 54.9 Å². The Morgan fingerprint density at radius 3 is 2.45 bits per heavy atom. The molecular formula is C24H30N8O. The molecule has 0 spiro atoms. The van der Waals surface area contributed by atoms with Crippen molar-refractivity contribution in [2.75, 3.05) is 30.4 Å². The average molecular weight is 447 g/mol. The maximum absolute atomic E-state index is 12.2. The Morgan fingerprint density at radius 1 is 1.09 bits per heavy atom. The van der Waals surface area contributed by atoms with Gasteiger partial charge in [0.25, 0.3) is 0 Å². The van der Waals surface area contributed by atoms with E-state index in [-0.39, 0.29) is 18.0 Å². The Balaban J connectivity index is 1.40. The minimum Gasteiger partial charge on any atom is -0.351 e. The largest absolute Gasteiger partial charge is 0.351 e. The molecule has 3 aromatic rings. The van der Waals surface area contributed by atoms with Crippen LogP contribution in [-0.2, 0) is 4.79 Å². The summed E-state index contributed by atoms with van der Waals surface area (Å²) in [6, 6.07) is 13.7. The number of nitrogens with one attached hydrogen (secondary N) is 1. The first-order valence-corrected chi connectivity index (χ1v) is 11.2. The number of piperidine rings is 1. The maximum atomic E-state index is 12.2. The van der Waals surface area contributed by atoms with Crippen LogP contribution in [0.5, 0.6) is 0 Å². The quantitative estimate of drug-likeness (QED) is 0.570. The fourth-order valence-electron chi connectivity index (χ4n) is 3.85. The van der Waals surface area contributed by atoms with E-state index in [0.717, 1.165) is 30.0 Å². The molecule has 1 aliphatic rings. The first-order chi connectivity index (χ1) is 16.0. The summed E-state index contributed by atoms with van der Waals surface area (Å²) in [6.07, 6.45) is 5.58. The number of rotatable bonds is 7. The van der Waals surface area contributed by atoms with Gasteiger partial charge < -0.3 is 20.9 Å². The van der Waals surface area contributed by atoms with Crippen molar-refractivity contribution in [2.45, 2.75) is 38.3 Å². The highest BCUT2D eigenvalue weighted by Crippen LogP contribution is 2.23. The van der Waals surface area contributed by atoms with Gasteiger partial charge in [-0.3, -0.25) is 4.79 Å². The summed E-state index contributed by atoms with van der Waals surface area (Å²) in [4.78, 5) is 34.2. The molecule has 0 aliphatic carbocycles. The monoisotopic (exact) mass is 446 g/mol. The van der Waals surface area contributed by atoms with Crippen molar-refractivity contribution < 1.29 is 4.79 Å². The van der Waals surface area contributed by atoms with Crippen LogP contribution in [0.2, 0.25) is 0 Å². The SMILES string of the molecule is CC(N)CC(=O)N1CCC(Nc2nccc(N(C)c3ccnc(-c4ccccc4)n3)n2)CC1. The number of carbonyl (C=O) groups excluding carboxylic acids is 1. The molecule has 3 heterocycles. The molecule has 1 atom stereocenters. The fraction of sp³-hybridized carbons (Fsp3) is 0.375. The summed E-state index contributed by atoms with van der Waals surface area (Å²) >= 11 is 0. The van der Waals surface area contributed by atoms with Gasteiger partial charge in [-0.2, -0.15) is 4.98 Å². The zero-order valence-corrected chi connectivity index (χ0v) is 19.1. The molecule has 172 valence electrons. The van der Waals surface area contributed by atoms with E-state index in [1.54, 1.807) is 12.4 Å². The van der Waals surface area contributed by atoms with Crippen LogP contribution in [0.4, 0.5) is 17.6 Å². The molecule has 9 heteroatoms. The number of anilines is 3. The van der Waals surface area contributed by atoms with E-state index in [4.69, 9.17) is 10.7 Å². The van der Waals surface area contributed by atoms with Crippen LogP contribution in [0.3, 0.4) is 0 Å². The number of carbonyl (C=O) groups is 1. The van der Waals surface area contributed by atoms with Crippen LogP contribution in [-0.4, -0.2) is 63.0 Å². The highest BCUT2D eigenvalue weighted by Gasteiger charge is 2.23. The molecule has 0 saturated carbocycles. The number of amides is 1. The van der Waals surface area contributed by atoms with Crippen LogP contribution >= 0.6 is 0 Å². The van der Waals surface area contributed by atoms with Gasteiger partial charge in [-0.15, -0.1) is 0 Å². The Bertz CT molecular complexity index is 1070. The third-order valence-corrected chi connectivity index (χ3v) is 5.68. The Morgan fingerprint density at radius 2 is 1.76 bits per heavy atom. The standard InChI is InChI=1S/C24H30N8O/c1-17(25)16-22(33)32-14-10-19(11-15-32)28-24-27-13-9-21(30-24)31(2)20-8-12-26-23(29-20)18-6-4-3-5-7-18/h3-9,12-13,17,19H,10-11,14-16,25H2,1-2H3,(H,27,28,30). The van der Waals surface area contributed by atoms with Gasteiger partial charge in [0, 0.05) is 56.6 Å². The lowest BCUT2D eigenvalue weighted by atomic mass is 10.0. The van der Waals surface area contributed by atoms with Crippen molar-refractivity contribution in [1.82, 2.24) is 24.8 Å². The maximum Gasteiger partial charge on any atom is 0.224 e. The van der Waals surface area contributed by atoms with Gasteiger partial charge in [-0.05, 0) is 31.9 Å². The zero-order valence-electron chi connectivity index (χ0n) is 19.1.